The van der Waals surface area contributed by atoms with E-state index in [9.17, 15) is 4.79 Å². The fourth-order valence-corrected chi connectivity index (χ4v) is 5.98. The number of benzene rings is 3. The Hall–Kier alpha value is -3.22. The Balaban J connectivity index is 1.76. The Morgan fingerprint density at radius 3 is 2.55 bits per heavy atom. The second-order valence-corrected chi connectivity index (χ2v) is 10.1. The van der Waals surface area contributed by atoms with Gasteiger partial charge in [0, 0.05) is 27.9 Å². The summed E-state index contributed by atoms with van der Waals surface area (Å²) in [5.41, 5.74) is 5.93. The topological polar surface area (TPSA) is 43.3 Å². The summed E-state index contributed by atoms with van der Waals surface area (Å²) in [5.74, 6) is 0.766. The maximum absolute atomic E-state index is 13.4. The lowest BCUT2D eigenvalue weighted by Crippen LogP contribution is -2.30. The summed E-state index contributed by atoms with van der Waals surface area (Å²) in [6, 6.07) is 21.3. The molecule has 0 atom stereocenters. The number of anilines is 1. The van der Waals surface area contributed by atoms with E-state index >= 15 is 0 Å². The van der Waals surface area contributed by atoms with E-state index in [1.165, 1.54) is 0 Å². The first-order valence-corrected chi connectivity index (χ1v) is 11.9. The molecule has 166 valence electrons. The zero-order chi connectivity index (χ0) is 23.3. The van der Waals surface area contributed by atoms with Crippen LogP contribution < -0.4 is 10.1 Å². The Morgan fingerprint density at radius 2 is 1.82 bits per heavy atom. The number of nitrogens with one attached hydrogen (secondary N) is 1. The van der Waals surface area contributed by atoms with E-state index in [4.69, 9.17) is 17.0 Å². The third kappa shape index (κ3) is 3.59. The first kappa shape index (κ1) is 21.6. The number of carbonyl (C=O) groups excluding carboxylic acids is 1. The first-order chi connectivity index (χ1) is 15.8. The van der Waals surface area contributed by atoms with Gasteiger partial charge in [-0.3, -0.25) is 8.75 Å². The van der Waals surface area contributed by atoms with Crippen LogP contribution in [0, 0.1) is 11.6 Å². The van der Waals surface area contributed by atoms with Gasteiger partial charge in [0.15, 0.2) is 5.78 Å². The van der Waals surface area contributed by atoms with Crippen LogP contribution in [0.15, 0.2) is 66.7 Å². The van der Waals surface area contributed by atoms with Crippen molar-refractivity contribution < 1.29 is 9.53 Å². The number of ether oxygens (including phenoxy) is 1. The number of hydrogen-bond donors (Lipinski definition) is 1. The molecule has 33 heavy (non-hydrogen) atoms. The fourth-order valence-electron chi connectivity index (χ4n) is 4.31. The lowest BCUT2D eigenvalue weighted by molar-refractivity contribution is 0.103. The molecule has 0 saturated heterocycles. The van der Waals surface area contributed by atoms with E-state index in [2.05, 4.69) is 19.2 Å². The summed E-state index contributed by atoms with van der Waals surface area (Å²) in [7, 11) is 1.67. The summed E-state index contributed by atoms with van der Waals surface area (Å²) in [6.45, 7) is 6.34. The van der Waals surface area contributed by atoms with Crippen LogP contribution in [0.3, 0.4) is 0 Å². The van der Waals surface area contributed by atoms with Crippen LogP contribution >= 0.6 is 23.8 Å². The summed E-state index contributed by atoms with van der Waals surface area (Å²) in [5, 5.41) is 3.64. The van der Waals surface area contributed by atoms with Crippen LogP contribution in [0.4, 0.5) is 5.69 Å². The maximum atomic E-state index is 13.4. The van der Waals surface area contributed by atoms with Crippen LogP contribution in [0.1, 0.15) is 40.2 Å². The van der Waals surface area contributed by atoms with Gasteiger partial charge in [-0.1, -0.05) is 60.1 Å². The third-order valence-electron chi connectivity index (χ3n) is 5.97. The van der Waals surface area contributed by atoms with Gasteiger partial charge < -0.3 is 10.1 Å². The SMILES string of the molecule is COc1ccc2c(c1)-c1c(sn(-c3cc(C)ccc3C(=O)c3ccccc3)c1=S)C(C)(C)N2. The number of carbonyl (C=O) groups is 1. The highest BCUT2D eigenvalue weighted by Crippen LogP contribution is 2.48. The number of aryl methyl sites for hydroxylation is 1. The molecule has 4 aromatic rings. The normalized spacial score (nSPS) is 13.6. The van der Waals surface area contributed by atoms with Crippen molar-refractivity contribution >= 4 is 35.2 Å². The van der Waals surface area contributed by atoms with Gasteiger partial charge in [0.1, 0.15) is 10.4 Å². The average molecular weight is 473 g/mol. The van der Waals surface area contributed by atoms with E-state index in [1.807, 2.05) is 77.6 Å². The second-order valence-electron chi connectivity index (χ2n) is 8.77. The van der Waals surface area contributed by atoms with Crippen molar-refractivity contribution in [2.24, 2.45) is 0 Å². The second kappa shape index (κ2) is 7.97. The van der Waals surface area contributed by atoms with Crippen LogP contribution in [0.25, 0.3) is 16.8 Å². The number of ketones is 1. The number of fused-ring (bicyclic) bond motifs is 3. The standard InChI is InChI=1S/C27H24N2O2S2/c1-16-10-12-19(24(30)17-8-6-5-7-9-17)22(14-16)29-26(32)23-20-15-18(31-4)11-13-21(20)28-27(2,3)25(23)33-29/h5-15,28H,1-4H3. The van der Waals surface area contributed by atoms with Gasteiger partial charge in [-0.05, 0) is 56.7 Å². The molecule has 1 N–H and O–H groups in total. The average Bonchev–Trinajstić information content (AvgIpc) is 3.17. The molecule has 5 rings (SSSR count). The first-order valence-electron chi connectivity index (χ1n) is 10.7. The zero-order valence-corrected chi connectivity index (χ0v) is 20.6. The number of nitrogens with zero attached hydrogens (tertiary/aromatic N) is 1. The molecule has 3 aromatic carbocycles. The van der Waals surface area contributed by atoms with Crippen molar-refractivity contribution in [1.29, 1.82) is 0 Å². The largest absolute Gasteiger partial charge is 0.497 e. The Labute approximate surface area is 202 Å². The van der Waals surface area contributed by atoms with Crippen LogP contribution in [-0.4, -0.2) is 16.8 Å². The predicted molar refractivity (Wildman–Crippen MR) is 138 cm³/mol. The van der Waals surface area contributed by atoms with Gasteiger partial charge in [0.2, 0.25) is 0 Å². The highest BCUT2D eigenvalue weighted by atomic mass is 32.1. The van der Waals surface area contributed by atoms with Gasteiger partial charge in [-0.15, -0.1) is 0 Å². The molecule has 0 bridgehead atoms. The Kier molecular flexibility index (Phi) is 5.22. The van der Waals surface area contributed by atoms with Gasteiger partial charge in [0.05, 0.1) is 23.2 Å². The van der Waals surface area contributed by atoms with Crippen molar-refractivity contribution in [2.75, 3.05) is 12.4 Å². The highest BCUT2D eigenvalue weighted by Gasteiger charge is 2.35. The molecule has 0 fully saturated rings. The number of rotatable bonds is 4. The lowest BCUT2D eigenvalue weighted by atomic mass is 9.89. The molecular weight excluding hydrogens is 448 g/mol. The maximum Gasteiger partial charge on any atom is 0.195 e. The molecule has 0 unspecified atom stereocenters. The number of methoxy groups -OCH3 is 1. The Bertz CT molecular complexity index is 1450. The number of hydrogen-bond acceptors (Lipinski definition) is 5. The number of aromatic nitrogens is 1. The molecule has 6 heteroatoms. The molecule has 0 amide bonds. The van der Waals surface area contributed by atoms with Crippen LogP contribution in [0.5, 0.6) is 5.75 Å². The summed E-state index contributed by atoms with van der Waals surface area (Å²) in [4.78, 5) is 14.6. The third-order valence-corrected chi connectivity index (χ3v) is 7.93. The summed E-state index contributed by atoms with van der Waals surface area (Å²) < 4.78 is 8.21. The molecule has 1 aromatic heterocycles. The van der Waals surface area contributed by atoms with E-state index in [-0.39, 0.29) is 11.3 Å². The van der Waals surface area contributed by atoms with Crippen molar-refractivity contribution in [3.63, 3.8) is 0 Å². The van der Waals surface area contributed by atoms with Gasteiger partial charge in [0.25, 0.3) is 0 Å². The van der Waals surface area contributed by atoms with E-state index in [0.717, 1.165) is 38.7 Å². The minimum atomic E-state index is -0.312. The molecule has 0 aliphatic carbocycles. The van der Waals surface area contributed by atoms with Crippen molar-refractivity contribution in [3.05, 3.63) is 92.9 Å². The van der Waals surface area contributed by atoms with E-state index < -0.39 is 0 Å². The molecule has 0 spiro atoms. The predicted octanol–water partition coefficient (Wildman–Crippen LogP) is 7.14. The monoisotopic (exact) mass is 472 g/mol. The Morgan fingerprint density at radius 1 is 1.06 bits per heavy atom. The minimum absolute atomic E-state index is 0.0154. The van der Waals surface area contributed by atoms with Crippen LogP contribution in [-0.2, 0) is 5.54 Å². The highest BCUT2D eigenvalue weighted by molar-refractivity contribution is 7.71. The van der Waals surface area contributed by atoms with E-state index in [0.29, 0.717) is 15.8 Å². The molecular formula is C27H24N2O2S2. The fraction of sp³-hybridized carbons (Fsp3) is 0.185. The minimum Gasteiger partial charge on any atom is -0.497 e. The quantitative estimate of drug-likeness (QED) is 0.253. The molecule has 1 aliphatic rings. The molecule has 2 heterocycles. The zero-order valence-electron chi connectivity index (χ0n) is 18.9. The summed E-state index contributed by atoms with van der Waals surface area (Å²) in [6.07, 6.45) is 0. The van der Waals surface area contributed by atoms with Gasteiger partial charge in [-0.2, -0.15) is 0 Å². The summed E-state index contributed by atoms with van der Waals surface area (Å²) >= 11 is 7.64. The van der Waals surface area contributed by atoms with Crippen molar-refractivity contribution in [1.82, 2.24) is 3.96 Å². The lowest BCUT2D eigenvalue weighted by Gasteiger charge is -2.33. The van der Waals surface area contributed by atoms with Crippen molar-refractivity contribution in [3.8, 4) is 22.6 Å². The molecule has 0 radical (unpaired) electrons. The molecule has 0 saturated carbocycles. The van der Waals surface area contributed by atoms with Crippen molar-refractivity contribution in [2.45, 2.75) is 26.3 Å². The molecule has 1 aliphatic heterocycles. The van der Waals surface area contributed by atoms with Gasteiger partial charge in [-0.25, -0.2) is 0 Å². The van der Waals surface area contributed by atoms with Crippen LogP contribution in [0.2, 0.25) is 0 Å². The molecule has 4 nitrogen and oxygen atoms in total. The smallest absolute Gasteiger partial charge is 0.195 e. The van der Waals surface area contributed by atoms with E-state index in [1.54, 1.807) is 18.6 Å². The van der Waals surface area contributed by atoms with Gasteiger partial charge >= 0.3 is 0 Å².